The summed E-state index contributed by atoms with van der Waals surface area (Å²) in [6, 6.07) is 6.87. The van der Waals surface area contributed by atoms with E-state index in [4.69, 9.17) is 14.7 Å². The van der Waals surface area contributed by atoms with Crippen LogP contribution in [0.3, 0.4) is 0 Å². The Hall–Kier alpha value is -3.15. The summed E-state index contributed by atoms with van der Waals surface area (Å²) >= 11 is 0. The third-order valence-corrected chi connectivity index (χ3v) is 2.66. The summed E-state index contributed by atoms with van der Waals surface area (Å²) in [6.07, 6.45) is 0. The summed E-state index contributed by atoms with van der Waals surface area (Å²) in [6.45, 7) is -0.530. The van der Waals surface area contributed by atoms with Crippen molar-refractivity contribution in [3.8, 4) is 29.0 Å². The van der Waals surface area contributed by atoms with Gasteiger partial charge in [0.05, 0.1) is 14.2 Å². The molecule has 1 heterocycles. The van der Waals surface area contributed by atoms with Crippen LogP contribution in [0.4, 0.5) is 0 Å². The van der Waals surface area contributed by atoms with Crippen LogP contribution in [0.2, 0.25) is 0 Å². The third-order valence-electron chi connectivity index (χ3n) is 2.66. The Labute approximate surface area is 126 Å². The van der Waals surface area contributed by atoms with Crippen LogP contribution in [0.1, 0.15) is 0 Å². The van der Waals surface area contributed by atoms with Gasteiger partial charge in [-0.1, -0.05) is 0 Å². The first-order valence-corrected chi connectivity index (χ1v) is 6.20. The van der Waals surface area contributed by atoms with Crippen LogP contribution >= 0.6 is 0 Å². The van der Waals surface area contributed by atoms with Gasteiger partial charge in [-0.3, -0.25) is 0 Å². The summed E-state index contributed by atoms with van der Waals surface area (Å²) < 4.78 is 15.0. The molecular formula is C13H13N5O4. The second-order valence-electron chi connectivity index (χ2n) is 4.03. The minimum Gasteiger partial charge on any atom is -0.493 e. The van der Waals surface area contributed by atoms with Crippen LogP contribution in [-0.2, 0) is 16.1 Å². The number of methoxy groups -OCH3 is 2. The van der Waals surface area contributed by atoms with Crippen molar-refractivity contribution >= 4 is 5.97 Å². The molecule has 0 amide bonds. The molecule has 9 heteroatoms. The third kappa shape index (κ3) is 3.49. The van der Waals surface area contributed by atoms with Gasteiger partial charge in [0, 0.05) is 5.56 Å². The van der Waals surface area contributed by atoms with Crippen molar-refractivity contribution in [3.05, 3.63) is 18.2 Å². The summed E-state index contributed by atoms with van der Waals surface area (Å²) in [5.41, 5.74) is 0.661. The van der Waals surface area contributed by atoms with Crippen LogP contribution in [0.25, 0.3) is 11.4 Å². The maximum absolute atomic E-state index is 11.4. The number of rotatable bonds is 6. The SMILES string of the molecule is COc1ccc(-c2nnn(CC(=O)OCC#N)n2)cc1OC. The first-order chi connectivity index (χ1) is 10.7. The fourth-order valence-corrected chi connectivity index (χ4v) is 1.67. The molecule has 0 saturated carbocycles. The number of aromatic nitrogens is 4. The average Bonchev–Trinajstić information content (AvgIpc) is 3.00. The number of esters is 1. The molecule has 0 atom stereocenters. The van der Waals surface area contributed by atoms with E-state index in [0.717, 1.165) is 4.80 Å². The van der Waals surface area contributed by atoms with Crippen molar-refractivity contribution in [2.45, 2.75) is 6.54 Å². The zero-order chi connectivity index (χ0) is 15.9. The minimum absolute atomic E-state index is 0.220. The predicted molar refractivity (Wildman–Crippen MR) is 72.9 cm³/mol. The van der Waals surface area contributed by atoms with E-state index < -0.39 is 5.97 Å². The lowest BCUT2D eigenvalue weighted by Crippen LogP contribution is -2.16. The maximum atomic E-state index is 11.4. The number of carbonyl (C=O) groups excluding carboxylic acids is 1. The molecule has 114 valence electrons. The molecule has 0 aliphatic rings. The van der Waals surface area contributed by atoms with Crippen LogP contribution in [-0.4, -0.2) is 47.0 Å². The standard InChI is InChI=1S/C13H13N5O4/c1-20-10-4-3-9(7-11(10)21-2)13-15-17-18(16-13)8-12(19)22-6-5-14/h3-4,7H,6,8H2,1-2H3. The fraction of sp³-hybridized carbons (Fsp3) is 0.308. The van der Waals surface area contributed by atoms with Crippen molar-refractivity contribution in [3.63, 3.8) is 0 Å². The van der Waals surface area contributed by atoms with E-state index in [0.29, 0.717) is 22.9 Å². The van der Waals surface area contributed by atoms with Gasteiger partial charge >= 0.3 is 5.97 Å². The highest BCUT2D eigenvalue weighted by atomic mass is 16.5. The Morgan fingerprint density at radius 3 is 2.77 bits per heavy atom. The normalized spacial score (nSPS) is 9.86. The zero-order valence-corrected chi connectivity index (χ0v) is 12.0. The number of carbonyl (C=O) groups is 1. The largest absolute Gasteiger partial charge is 0.493 e. The number of hydrogen-bond donors (Lipinski definition) is 0. The summed E-state index contributed by atoms with van der Waals surface area (Å²) in [5, 5.41) is 20.0. The molecule has 2 rings (SSSR count). The second-order valence-corrected chi connectivity index (χ2v) is 4.03. The van der Waals surface area contributed by atoms with Crippen molar-refractivity contribution in [1.82, 2.24) is 20.2 Å². The van der Waals surface area contributed by atoms with Crippen molar-refractivity contribution in [1.29, 1.82) is 5.26 Å². The van der Waals surface area contributed by atoms with Gasteiger partial charge in [-0.15, -0.1) is 10.2 Å². The van der Waals surface area contributed by atoms with Crippen LogP contribution in [0, 0.1) is 11.3 Å². The van der Waals surface area contributed by atoms with Crippen molar-refractivity contribution < 1.29 is 19.0 Å². The van der Waals surface area contributed by atoms with E-state index >= 15 is 0 Å². The molecule has 0 aliphatic heterocycles. The lowest BCUT2D eigenvalue weighted by Gasteiger charge is -2.07. The quantitative estimate of drug-likeness (QED) is 0.706. The molecule has 0 N–H and O–H groups in total. The summed E-state index contributed by atoms with van der Waals surface area (Å²) in [4.78, 5) is 12.5. The Balaban J connectivity index is 2.14. The number of tetrazole rings is 1. The van der Waals surface area contributed by atoms with Gasteiger partial charge in [-0.2, -0.15) is 10.1 Å². The van der Waals surface area contributed by atoms with Gasteiger partial charge in [-0.25, -0.2) is 4.79 Å². The summed E-state index contributed by atoms with van der Waals surface area (Å²) in [7, 11) is 3.07. The monoisotopic (exact) mass is 303 g/mol. The highest BCUT2D eigenvalue weighted by Gasteiger charge is 2.12. The smallest absolute Gasteiger partial charge is 0.330 e. The Morgan fingerprint density at radius 2 is 2.09 bits per heavy atom. The lowest BCUT2D eigenvalue weighted by atomic mass is 10.2. The molecule has 0 unspecified atom stereocenters. The predicted octanol–water partition coefficient (Wildman–Crippen LogP) is 0.424. The first kappa shape index (κ1) is 15.2. The topological polar surface area (TPSA) is 112 Å². The average molecular weight is 303 g/mol. The fourth-order valence-electron chi connectivity index (χ4n) is 1.67. The Kier molecular flexibility index (Phi) is 4.87. The van der Waals surface area contributed by atoms with E-state index in [-0.39, 0.29) is 13.2 Å². The molecule has 2 aromatic rings. The minimum atomic E-state index is -0.613. The highest BCUT2D eigenvalue weighted by molar-refractivity contribution is 5.69. The van der Waals surface area contributed by atoms with Gasteiger partial charge in [0.1, 0.15) is 6.07 Å². The van der Waals surface area contributed by atoms with Gasteiger partial charge < -0.3 is 14.2 Å². The lowest BCUT2D eigenvalue weighted by molar-refractivity contribution is -0.143. The molecule has 1 aromatic heterocycles. The molecule has 0 aliphatic carbocycles. The van der Waals surface area contributed by atoms with Gasteiger partial charge in [0.2, 0.25) is 5.82 Å². The molecule has 0 spiro atoms. The van der Waals surface area contributed by atoms with Crippen LogP contribution in [0.15, 0.2) is 18.2 Å². The molecule has 22 heavy (non-hydrogen) atoms. The van der Waals surface area contributed by atoms with E-state index in [1.165, 1.54) is 7.11 Å². The van der Waals surface area contributed by atoms with E-state index in [9.17, 15) is 4.79 Å². The number of ether oxygens (including phenoxy) is 3. The van der Waals surface area contributed by atoms with E-state index in [1.807, 2.05) is 0 Å². The summed E-state index contributed by atoms with van der Waals surface area (Å²) in [5.74, 6) is 0.829. The van der Waals surface area contributed by atoms with Crippen molar-refractivity contribution in [2.24, 2.45) is 0 Å². The zero-order valence-electron chi connectivity index (χ0n) is 12.0. The number of nitriles is 1. The van der Waals surface area contributed by atoms with Gasteiger partial charge in [0.25, 0.3) is 0 Å². The highest BCUT2D eigenvalue weighted by Crippen LogP contribution is 2.30. The molecule has 1 aromatic carbocycles. The number of hydrogen-bond acceptors (Lipinski definition) is 8. The van der Waals surface area contributed by atoms with Gasteiger partial charge in [-0.05, 0) is 23.4 Å². The van der Waals surface area contributed by atoms with Crippen molar-refractivity contribution in [2.75, 3.05) is 20.8 Å². The molecule has 0 radical (unpaired) electrons. The number of benzene rings is 1. The van der Waals surface area contributed by atoms with Gasteiger partial charge in [0.15, 0.2) is 24.7 Å². The first-order valence-electron chi connectivity index (χ1n) is 6.20. The molecule has 0 bridgehead atoms. The van der Waals surface area contributed by atoms with Crippen LogP contribution in [0.5, 0.6) is 11.5 Å². The van der Waals surface area contributed by atoms with Crippen LogP contribution < -0.4 is 9.47 Å². The Morgan fingerprint density at radius 1 is 1.32 bits per heavy atom. The molecule has 0 fully saturated rings. The second kappa shape index (κ2) is 7.03. The molecule has 9 nitrogen and oxygen atoms in total. The van der Waals surface area contributed by atoms with E-state index in [1.54, 1.807) is 31.4 Å². The maximum Gasteiger partial charge on any atom is 0.330 e. The molecular weight excluding hydrogens is 290 g/mol. The van der Waals surface area contributed by atoms with E-state index in [2.05, 4.69) is 20.1 Å². The Bertz CT molecular complexity index is 707. The number of nitrogens with zero attached hydrogens (tertiary/aromatic N) is 5. The molecule has 0 saturated heterocycles.